The summed E-state index contributed by atoms with van der Waals surface area (Å²) < 4.78 is 5.42. The number of rotatable bonds is 5. The SMILES string of the molecule is Cc1ccc(CO)cc1NC(=O)CCC1CCCOC1. The van der Waals surface area contributed by atoms with Crippen molar-refractivity contribution in [3.05, 3.63) is 29.3 Å². The highest BCUT2D eigenvalue weighted by atomic mass is 16.5. The van der Waals surface area contributed by atoms with Crippen molar-refractivity contribution >= 4 is 11.6 Å². The van der Waals surface area contributed by atoms with E-state index in [2.05, 4.69) is 5.32 Å². The lowest BCUT2D eigenvalue weighted by atomic mass is 9.97. The molecule has 1 aromatic rings. The predicted molar refractivity (Wildman–Crippen MR) is 78.5 cm³/mol. The number of hydrogen-bond donors (Lipinski definition) is 2. The molecule has 2 rings (SSSR count). The summed E-state index contributed by atoms with van der Waals surface area (Å²) in [6.07, 6.45) is 3.66. The van der Waals surface area contributed by atoms with Crippen LogP contribution in [0.3, 0.4) is 0 Å². The van der Waals surface area contributed by atoms with Gasteiger partial charge >= 0.3 is 0 Å². The molecule has 2 N–H and O–H groups in total. The molecule has 0 bridgehead atoms. The van der Waals surface area contributed by atoms with Gasteiger partial charge in [0.2, 0.25) is 5.91 Å². The van der Waals surface area contributed by atoms with Gasteiger partial charge in [-0.15, -0.1) is 0 Å². The summed E-state index contributed by atoms with van der Waals surface area (Å²) in [5, 5.41) is 12.1. The number of aliphatic hydroxyl groups excluding tert-OH is 1. The van der Waals surface area contributed by atoms with Crippen LogP contribution in [0.2, 0.25) is 0 Å². The number of aryl methyl sites for hydroxylation is 1. The molecule has 1 unspecified atom stereocenters. The van der Waals surface area contributed by atoms with E-state index in [0.29, 0.717) is 12.3 Å². The maximum absolute atomic E-state index is 12.0. The zero-order valence-electron chi connectivity index (χ0n) is 12.0. The lowest BCUT2D eigenvalue weighted by Crippen LogP contribution is -2.20. The van der Waals surface area contributed by atoms with Crippen molar-refractivity contribution in [2.24, 2.45) is 5.92 Å². The Balaban J connectivity index is 1.84. The topological polar surface area (TPSA) is 58.6 Å². The Morgan fingerprint density at radius 2 is 2.35 bits per heavy atom. The molecule has 0 aliphatic carbocycles. The molecule has 1 atom stereocenters. The molecular weight excluding hydrogens is 254 g/mol. The standard InChI is InChI=1S/C16H23NO3/c1-12-4-5-14(10-18)9-15(12)17-16(19)7-6-13-3-2-8-20-11-13/h4-5,9,13,18H,2-3,6-8,10-11H2,1H3,(H,17,19). The third-order valence-corrected chi connectivity index (χ3v) is 3.79. The van der Waals surface area contributed by atoms with Crippen LogP contribution in [0.15, 0.2) is 18.2 Å². The maximum Gasteiger partial charge on any atom is 0.224 e. The first kappa shape index (κ1) is 15.0. The molecule has 0 spiro atoms. The predicted octanol–water partition coefficient (Wildman–Crippen LogP) is 2.63. The van der Waals surface area contributed by atoms with Gasteiger partial charge in [0.1, 0.15) is 0 Å². The van der Waals surface area contributed by atoms with Gasteiger partial charge in [0.15, 0.2) is 0 Å². The lowest BCUT2D eigenvalue weighted by molar-refractivity contribution is -0.116. The second-order valence-corrected chi connectivity index (χ2v) is 5.48. The molecule has 1 fully saturated rings. The molecule has 110 valence electrons. The van der Waals surface area contributed by atoms with Crippen LogP contribution < -0.4 is 5.32 Å². The van der Waals surface area contributed by atoms with Crippen molar-refractivity contribution in [3.8, 4) is 0 Å². The van der Waals surface area contributed by atoms with Gasteiger partial charge in [-0.3, -0.25) is 4.79 Å². The van der Waals surface area contributed by atoms with E-state index in [1.807, 2.05) is 25.1 Å². The minimum absolute atomic E-state index is 0.0113. The first-order valence-corrected chi connectivity index (χ1v) is 7.27. The van der Waals surface area contributed by atoms with E-state index < -0.39 is 0 Å². The highest BCUT2D eigenvalue weighted by Crippen LogP contribution is 2.20. The maximum atomic E-state index is 12.0. The van der Waals surface area contributed by atoms with Crippen LogP contribution in [-0.2, 0) is 16.1 Å². The molecule has 0 saturated carbocycles. The quantitative estimate of drug-likeness (QED) is 0.870. The average Bonchev–Trinajstić information content (AvgIpc) is 2.48. The fourth-order valence-electron chi connectivity index (χ4n) is 2.49. The number of anilines is 1. The van der Waals surface area contributed by atoms with Crippen LogP contribution in [0.25, 0.3) is 0 Å². The second-order valence-electron chi connectivity index (χ2n) is 5.48. The van der Waals surface area contributed by atoms with Crippen LogP contribution in [0, 0.1) is 12.8 Å². The third-order valence-electron chi connectivity index (χ3n) is 3.79. The second kappa shape index (κ2) is 7.41. The summed E-state index contributed by atoms with van der Waals surface area (Å²) >= 11 is 0. The molecular formula is C16H23NO3. The molecule has 1 aliphatic heterocycles. The van der Waals surface area contributed by atoms with Crippen LogP contribution in [0.5, 0.6) is 0 Å². The van der Waals surface area contributed by atoms with E-state index in [1.54, 1.807) is 0 Å². The monoisotopic (exact) mass is 277 g/mol. The van der Waals surface area contributed by atoms with Gasteiger partial charge in [-0.25, -0.2) is 0 Å². The number of benzene rings is 1. The third kappa shape index (κ3) is 4.32. The van der Waals surface area contributed by atoms with Gasteiger partial charge in [-0.2, -0.15) is 0 Å². The average molecular weight is 277 g/mol. The van der Waals surface area contributed by atoms with E-state index in [0.717, 1.165) is 49.3 Å². The number of carbonyl (C=O) groups excluding carboxylic acids is 1. The lowest BCUT2D eigenvalue weighted by Gasteiger charge is -2.21. The molecule has 4 nitrogen and oxygen atoms in total. The van der Waals surface area contributed by atoms with Gasteiger partial charge in [0, 0.05) is 25.3 Å². The molecule has 20 heavy (non-hydrogen) atoms. The Bertz CT molecular complexity index is 453. The summed E-state index contributed by atoms with van der Waals surface area (Å²) in [7, 11) is 0. The Morgan fingerprint density at radius 1 is 1.50 bits per heavy atom. The van der Waals surface area contributed by atoms with Crippen molar-refractivity contribution < 1.29 is 14.6 Å². The highest BCUT2D eigenvalue weighted by Gasteiger charge is 2.15. The molecule has 1 aliphatic rings. The smallest absolute Gasteiger partial charge is 0.224 e. The summed E-state index contributed by atoms with van der Waals surface area (Å²) in [5.41, 5.74) is 2.62. The number of hydrogen-bond acceptors (Lipinski definition) is 3. The minimum atomic E-state index is -0.0113. The van der Waals surface area contributed by atoms with Crippen molar-refractivity contribution in [3.63, 3.8) is 0 Å². The molecule has 4 heteroatoms. The molecule has 1 aromatic carbocycles. The number of carbonyl (C=O) groups is 1. The van der Waals surface area contributed by atoms with Crippen molar-refractivity contribution in [1.29, 1.82) is 0 Å². The number of ether oxygens (including phenoxy) is 1. The van der Waals surface area contributed by atoms with E-state index in [-0.39, 0.29) is 12.5 Å². The van der Waals surface area contributed by atoms with E-state index >= 15 is 0 Å². The molecule has 0 radical (unpaired) electrons. The number of aliphatic hydroxyl groups is 1. The molecule has 1 amide bonds. The summed E-state index contributed by atoms with van der Waals surface area (Å²) in [5.74, 6) is 0.549. The van der Waals surface area contributed by atoms with E-state index in [4.69, 9.17) is 9.84 Å². The van der Waals surface area contributed by atoms with Crippen molar-refractivity contribution in [1.82, 2.24) is 0 Å². The Hall–Kier alpha value is -1.39. The first-order valence-electron chi connectivity index (χ1n) is 7.27. The van der Waals surface area contributed by atoms with Gasteiger partial charge in [0.05, 0.1) is 6.61 Å². The number of nitrogens with one attached hydrogen (secondary N) is 1. The summed E-state index contributed by atoms with van der Waals surface area (Å²) in [6, 6.07) is 5.61. The zero-order valence-corrected chi connectivity index (χ0v) is 12.0. The van der Waals surface area contributed by atoms with Crippen LogP contribution >= 0.6 is 0 Å². The van der Waals surface area contributed by atoms with Gasteiger partial charge in [-0.05, 0) is 49.3 Å². The normalized spacial score (nSPS) is 18.8. The summed E-state index contributed by atoms with van der Waals surface area (Å²) in [4.78, 5) is 12.0. The molecule has 1 saturated heterocycles. The minimum Gasteiger partial charge on any atom is -0.392 e. The number of amides is 1. The Labute approximate surface area is 120 Å². The van der Waals surface area contributed by atoms with Gasteiger partial charge < -0.3 is 15.2 Å². The molecule has 1 heterocycles. The van der Waals surface area contributed by atoms with Gasteiger partial charge in [0.25, 0.3) is 0 Å². The van der Waals surface area contributed by atoms with Crippen LogP contribution in [-0.4, -0.2) is 24.2 Å². The van der Waals surface area contributed by atoms with Crippen LogP contribution in [0.4, 0.5) is 5.69 Å². The fraction of sp³-hybridized carbons (Fsp3) is 0.562. The first-order chi connectivity index (χ1) is 9.69. The summed E-state index contributed by atoms with van der Waals surface area (Å²) in [6.45, 7) is 3.58. The van der Waals surface area contributed by atoms with E-state index in [1.165, 1.54) is 0 Å². The Morgan fingerprint density at radius 3 is 3.05 bits per heavy atom. The van der Waals surface area contributed by atoms with E-state index in [9.17, 15) is 4.79 Å². The zero-order chi connectivity index (χ0) is 14.4. The van der Waals surface area contributed by atoms with Gasteiger partial charge in [-0.1, -0.05) is 12.1 Å². The molecule has 0 aromatic heterocycles. The highest BCUT2D eigenvalue weighted by molar-refractivity contribution is 5.91. The van der Waals surface area contributed by atoms with Crippen molar-refractivity contribution in [2.75, 3.05) is 18.5 Å². The largest absolute Gasteiger partial charge is 0.392 e. The van der Waals surface area contributed by atoms with Crippen molar-refractivity contribution in [2.45, 2.75) is 39.2 Å². The Kier molecular flexibility index (Phi) is 5.56. The van der Waals surface area contributed by atoms with Crippen LogP contribution in [0.1, 0.15) is 36.8 Å². The fourth-order valence-corrected chi connectivity index (χ4v) is 2.49.